The lowest BCUT2D eigenvalue weighted by Crippen LogP contribution is -1.98. The molecule has 0 aliphatic carbocycles. The van der Waals surface area contributed by atoms with Gasteiger partial charge in [-0.3, -0.25) is 10.1 Å². The SMILES string of the molecule is Nc1cc2ccn(Cc3ccccc3)c2cc1F.O=[N+]([O-])c1cc2ccn(Cc3ccccc3)c2cc1F. The Balaban J connectivity index is 0.000000156. The summed E-state index contributed by atoms with van der Waals surface area (Å²) in [6.45, 7) is 1.33. The zero-order valence-electron chi connectivity index (χ0n) is 20.3. The molecule has 6 rings (SSSR count). The van der Waals surface area contributed by atoms with Gasteiger partial charge in [0.25, 0.3) is 0 Å². The lowest BCUT2D eigenvalue weighted by Gasteiger charge is -2.06. The van der Waals surface area contributed by atoms with Gasteiger partial charge in [-0.2, -0.15) is 4.39 Å². The van der Waals surface area contributed by atoms with Crippen molar-refractivity contribution >= 4 is 33.2 Å². The maximum Gasteiger partial charge on any atom is 0.305 e. The number of nitro benzene ring substituents is 1. The van der Waals surface area contributed by atoms with Crippen LogP contribution in [0.3, 0.4) is 0 Å². The van der Waals surface area contributed by atoms with E-state index in [9.17, 15) is 18.9 Å². The highest BCUT2D eigenvalue weighted by atomic mass is 19.1. The van der Waals surface area contributed by atoms with E-state index in [2.05, 4.69) is 12.1 Å². The Bertz CT molecular complexity index is 1730. The van der Waals surface area contributed by atoms with Gasteiger partial charge < -0.3 is 14.9 Å². The number of fused-ring (bicyclic) bond motifs is 2. The lowest BCUT2D eigenvalue weighted by atomic mass is 10.2. The summed E-state index contributed by atoms with van der Waals surface area (Å²) in [7, 11) is 0. The van der Waals surface area contributed by atoms with E-state index in [0.29, 0.717) is 17.4 Å². The Morgan fingerprint density at radius 2 is 1.16 bits per heavy atom. The van der Waals surface area contributed by atoms with Crippen LogP contribution < -0.4 is 5.73 Å². The standard InChI is InChI=1S/C15H11FN2O2.C15H13FN2/c16-13-9-14-12(8-15(13)18(19)20)6-7-17(14)10-11-4-2-1-3-5-11;16-13-9-15-12(8-14(13)17)6-7-18(15)10-11-4-2-1-3-5-11/h1-9H,10H2;1-9H,10,17H2. The second-order valence-electron chi connectivity index (χ2n) is 8.91. The van der Waals surface area contributed by atoms with E-state index in [1.165, 1.54) is 23.8 Å². The molecule has 6 nitrogen and oxygen atoms in total. The fourth-order valence-electron chi connectivity index (χ4n) is 4.41. The van der Waals surface area contributed by atoms with E-state index in [0.717, 1.165) is 23.0 Å². The molecule has 0 aliphatic heterocycles. The molecular formula is C30H24F2N4O2. The second-order valence-corrected chi connectivity index (χ2v) is 8.91. The lowest BCUT2D eigenvalue weighted by molar-refractivity contribution is -0.387. The second kappa shape index (κ2) is 10.6. The number of benzene rings is 4. The van der Waals surface area contributed by atoms with Crippen LogP contribution in [0.15, 0.2) is 109 Å². The molecule has 2 aromatic heterocycles. The van der Waals surface area contributed by atoms with Crippen molar-refractivity contribution in [2.45, 2.75) is 13.1 Å². The van der Waals surface area contributed by atoms with Gasteiger partial charge in [-0.25, -0.2) is 4.39 Å². The number of nitrogens with zero attached hydrogens (tertiary/aromatic N) is 3. The Morgan fingerprint density at radius 1 is 0.684 bits per heavy atom. The maximum atomic E-state index is 13.7. The van der Waals surface area contributed by atoms with Crippen molar-refractivity contribution in [3.8, 4) is 0 Å². The van der Waals surface area contributed by atoms with Gasteiger partial charge in [-0.05, 0) is 29.3 Å². The van der Waals surface area contributed by atoms with Crippen LogP contribution in [0.5, 0.6) is 0 Å². The van der Waals surface area contributed by atoms with Crippen molar-refractivity contribution in [3.63, 3.8) is 0 Å². The van der Waals surface area contributed by atoms with Gasteiger partial charge in [0.1, 0.15) is 5.82 Å². The largest absolute Gasteiger partial charge is 0.396 e. The van der Waals surface area contributed by atoms with Crippen LogP contribution in [-0.2, 0) is 13.1 Å². The summed E-state index contributed by atoms with van der Waals surface area (Å²) in [5.74, 6) is -1.17. The number of rotatable bonds is 5. The highest BCUT2D eigenvalue weighted by Gasteiger charge is 2.16. The van der Waals surface area contributed by atoms with E-state index < -0.39 is 16.4 Å². The van der Waals surface area contributed by atoms with E-state index >= 15 is 0 Å². The summed E-state index contributed by atoms with van der Waals surface area (Å²) in [6, 6.07) is 29.2. The molecule has 0 aliphatic rings. The molecule has 8 heteroatoms. The van der Waals surface area contributed by atoms with Gasteiger partial charge in [-0.1, -0.05) is 60.7 Å². The van der Waals surface area contributed by atoms with E-state index in [4.69, 9.17) is 5.73 Å². The minimum absolute atomic E-state index is 0.194. The van der Waals surface area contributed by atoms with Crippen molar-refractivity contribution < 1.29 is 13.7 Å². The number of halogens is 2. The fourth-order valence-corrected chi connectivity index (χ4v) is 4.41. The molecule has 0 unspecified atom stereocenters. The molecule has 0 bridgehead atoms. The monoisotopic (exact) mass is 510 g/mol. The van der Waals surface area contributed by atoms with Crippen LogP contribution in [0.25, 0.3) is 21.8 Å². The smallest absolute Gasteiger partial charge is 0.305 e. The van der Waals surface area contributed by atoms with Gasteiger partial charge in [-0.15, -0.1) is 0 Å². The van der Waals surface area contributed by atoms with Crippen molar-refractivity contribution in [2.75, 3.05) is 5.73 Å². The quantitative estimate of drug-likeness (QED) is 0.152. The molecule has 38 heavy (non-hydrogen) atoms. The first-order valence-corrected chi connectivity index (χ1v) is 11.9. The minimum Gasteiger partial charge on any atom is -0.396 e. The van der Waals surface area contributed by atoms with Crippen LogP contribution in [0, 0.1) is 21.7 Å². The average Bonchev–Trinajstić information content (AvgIpc) is 3.48. The Kier molecular flexibility index (Phi) is 6.86. The summed E-state index contributed by atoms with van der Waals surface area (Å²) >= 11 is 0. The molecule has 4 aromatic carbocycles. The summed E-state index contributed by atoms with van der Waals surface area (Å²) in [4.78, 5) is 10.0. The van der Waals surface area contributed by atoms with Gasteiger partial charge >= 0.3 is 5.69 Å². The Morgan fingerprint density at radius 3 is 1.66 bits per heavy atom. The highest BCUT2D eigenvalue weighted by molar-refractivity contribution is 5.84. The van der Waals surface area contributed by atoms with Gasteiger partial charge in [0.05, 0.1) is 21.6 Å². The number of nitrogens with two attached hydrogens (primary N) is 1. The average molecular weight is 511 g/mol. The third-order valence-electron chi connectivity index (χ3n) is 6.32. The first-order chi connectivity index (χ1) is 18.4. The number of hydrogen-bond donors (Lipinski definition) is 1. The van der Waals surface area contributed by atoms with Gasteiger partial charge in [0.15, 0.2) is 0 Å². The summed E-state index contributed by atoms with van der Waals surface area (Å²) < 4.78 is 31.1. The van der Waals surface area contributed by atoms with E-state index in [1.807, 2.05) is 69.9 Å². The molecule has 6 aromatic rings. The minimum atomic E-state index is -0.810. The van der Waals surface area contributed by atoms with Crippen molar-refractivity contribution in [3.05, 3.63) is 142 Å². The van der Waals surface area contributed by atoms with Gasteiger partial charge in [0.2, 0.25) is 5.82 Å². The van der Waals surface area contributed by atoms with Crippen LogP contribution in [0.1, 0.15) is 11.1 Å². The number of nitrogen functional groups attached to an aromatic ring is 1. The molecule has 190 valence electrons. The van der Waals surface area contributed by atoms with Gasteiger partial charge in [0, 0.05) is 54.5 Å². The van der Waals surface area contributed by atoms with Crippen LogP contribution >= 0.6 is 0 Å². The highest BCUT2D eigenvalue weighted by Crippen LogP contribution is 2.26. The zero-order valence-corrected chi connectivity index (χ0v) is 20.3. The molecule has 0 spiro atoms. The number of aromatic nitrogens is 2. The predicted molar refractivity (Wildman–Crippen MR) is 146 cm³/mol. The molecule has 0 radical (unpaired) electrons. The Labute approximate surface area is 217 Å². The third-order valence-corrected chi connectivity index (χ3v) is 6.32. The summed E-state index contributed by atoms with van der Waals surface area (Å²) in [5.41, 5.74) is 9.06. The third kappa shape index (κ3) is 5.24. The maximum absolute atomic E-state index is 13.7. The van der Waals surface area contributed by atoms with E-state index in [-0.39, 0.29) is 11.5 Å². The first kappa shape index (κ1) is 24.7. The molecule has 2 heterocycles. The number of hydrogen-bond acceptors (Lipinski definition) is 3. The molecule has 0 saturated heterocycles. The van der Waals surface area contributed by atoms with Crippen molar-refractivity contribution in [1.82, 2.24) is 9.13 Å². The van der Waals surface area contributed by atoms with Crippen LogP contribution in [0.2, 0.25) is 0 Å². The molecule has 2 N–H and O–H groups in total. The predicted octanol–water partition coefficient (Wildman–Crippen LogP) is 7.15. The fraction of sp³-hybridized carbons (Fsp3) is 0.0667. The number of nitro groups is 1. The topological polar surface area (TPSA) is 79.0 Å². The Hall–Kier alpha value is -4.98. The number of anilines is 1. The zero-order chi connectivity index (χ0) is 26.6. The normalized spacial score (nSPS) is 10.9. The molecule has 0 saturated carbocycles. The first-order valence-electron chi connectivity index (χ1n) is 11.9. The van der Waals surface area contributed by atoms with Crippen LogP contribution in [0.4, 0.5) is 20.2 Å². The van der Waals surface area contributed by atoms with Crippen molar-refractivity contribution in [1.29, 1.82) is 0 Å². The molecule has 0 atom stereocenters. The van der Waals surface area contributed by atoms with E-state index in [1.54, 1.807) is 18.3 Å². The van der Waals surface area contributed by atoms with Crippen molar-refractivity contribution in [2.24, 2.45) is 0 Å². The molecule has 0 fully saturated rings. The molecule has 0 amide bonds. The van der Waals surface area contributed by atoms with Crippen LogP contribution in [-0.4, -0.2) is 14.1 Å². The molecular weight excluding hydrogens is 486 g/mol. The summed E-state index contributed by atoms with van der Waals surface area (Å²) in [6.07, 6.45) is 3.76. The summed E-state index contributed by atoms with van der Waals surface area (Å²) in [5, 5.41) is 12.3.